The third-order valence-electron chi connectivity index (χ3n) is 5.78. The highest BCUT2D eigenvalue weighted by Gasteiger charge is 2.26. The summed E-state index contributed by atoms with van der Waals surface area (Å²) >= 11 is 5.97. The van der Waals surface area contributed by atoms with Crippen LogP contribution in [0.25, 0.3) is 0 Å². The molecule has 7 nitrogen and oxygen atoms in total. The molecule has 1 N–H and O–H groups in total. The SMILES string of the molecule is COc1ccc(CN(C(=O)Cc2ccc(Cl)cc2)[C@@H](C)C(=O)NCCN2CCOCC2)cc1. The van der Waals surface area contributed by atoms with Gasteiger partial charge in [0.25, 0.3) is 0 Å². The fourth-order valence-corrected chi connectivity index (χ4v) is 3.82. The Bertz CT molecular complexity index is 899. The van der Waals surface area contributed by atoms with Gasteiger partial charge in [0.15, 0.2) is 0 Å². The number of amides is 2. The van der Waals surface area contributed by atoms with Gasteiger partial charge in [0.1, 0.15) is 11.8 Å². The van der Waals surface area contributed by atoms with Gasteiger partial charge in [-0.2, -0.15) is 0 Å². The number of hydrogen-bond donors (Lipinski definition) is 1. The number of halogens is 1. The molecule has 0 spiro atoms. The minimum Gasteiger partial charge on any atom is -0.497 e. The van der Waals surface area contributed by atoms with E-state index < -0.39 is 6.04 Å². The van der Waals surface area contributed by atoms with Crippen molar-refractivity contribution in [1.29, 1.82) is 0 Å². The summed E-state index contributed by atoms with van der Waals surface area (Å²) in [5.74, 6) is 0.455. The number of hydrogen-bond acceptors (Lipinski definition) is 5. The predicted molar refractivity (Wildman–Crippen MR) is 128 cm³/mol. The average Bonchev–Trinajstić information content (AvgIpc) is 2.84. The minimum absolute atomic E-state index is 0.121. The molecule has 1 aliphatic heterocycles. The summed E-state index contributed by atoms with van der Waals surface area (Å²) < 4.78 is 10.6. The molecule has 1 heterocycles. The zero-order valence-corrected chi connectivity index (χ0v) is 20.0. The second-order valence-corrected chi connectivity index (χ2v) is 8.53. The molecule has 0 unspecified atom stereocenters. The smallest absolute Gasteiger partial charge is 0.242 e. The first kappa shape index (κ1) is 25.0. The molecule has 33 heavy (non-hydrogen) atoms. The molecule has 2 amide bonds. The van der Waals surface area contributed by atoms with E-state index in [-0.39, 0.29) is 18.2 Å². The fourth-order valence-electron chi connectivity index (χ4n) is 3.70. The van der Waals surface area contributed by atoms with Crippen molar-refractivity contribution in [3.8, 4) is 5.75 Å². The largest absolute Gasteiger partial charge is 0.497 e. The van der Waals surface area contributed by atoms with Crippen molar-refractivity contribution < 1.29 is 19.1 Å². The lowest BCUT2D eigenvalue weighted by Crippen LogP contribution is -2.49. The molecule has 0 aliphatic carbocycles. The van der Waals surface area contributed by atoms with Crippen LogP contribution in [0.15, 0.2) is 48.5 Å². The van der Waals surface area contributed by atoms with Gasteiger partial charge in [-0.1, -0.05) is 35.9 Å². The Morgan fingerprint density at radius 1 is 1.09 bits per heavy atom. The van der Waals surface area contributed by atoms with Crippen molar-refractivity contribution in [2.45, 2.75) is 25.9 Å². The molecule has 1 fully saturated rings. The standard InChI is InChI=1S/C25H32ClN3O4/c1-19(25(31)27-11-12-28-13-15-33-16-14-28)29(18-21-5-9-23(32-2)10-6-21)24(30)17-20-3-7-22(26)8-4-20/h3-10,19H,11-18H2,1-2H3,(H,27,31)/t19-/m0/s1. The van der Waals surface area contributed by atoms with Crippen LogP contribution in [0.3, 0.4) is 0 Å². The lowest BCUT2D eigenvalue weighted by molar-refractivity contribution is -0.140. The maximum Gasteiger partial charge on any atom is 0.242 e. The quantitative estimate of drug-likeness (QED) is 0.574. The number of morpholine rings is 1. The van der Waals surface area contributed by atoms with Gasteiger partial charge in [-0.15, -0.1) is 0 Å². The molecule has 2 aromatic rings. The molecule has 178 valence electrons. The zero-order valence-electron chi connectivity index (χ0n) is 19.3. The first-order valence-electron chi connectivity index (χ1n) is 11.2. The van der Waals surface area contributed by atoms with Crippen molar-refractivity contribution in [3.63, 3.8) is 0 Å². The van der Waals surface area contributed by atoms with E-state index in [0.29, 0.717) is 18.1 Å². The molecule has 1 saturated heterocycles. The molecule has 2 aromatic carbocycles. The number of benzene rings is 2. The van der Waals surface area contributed by atoms with E-state index in [2.05, 4.69) is 10.2 Å². The predicted octanol–water partition coefficient (Wildman–Crippen LogP) is 2.76. The Balaban J connectivity index is 1.66. The number of carbonyl (C=O) groups is 2. The monoisotopic (exact) mass is 473 g/mol. The van der Waals surface area contributed by atoms with Crippen molar-refractivity contribution in [2.75, 3.05) is 46.5 Å². The first-order valence-corrected chi connectivity index (χ1v) is 11.6. The maximum atomic E-state index is 13.3. The molecule has 0 bridgehead atoms. The van der Waals surface area contributed by atoms with E-state index in [9.17, 15) is 9.59 Å². The number of ether oxygens (including phenoxy) is 2. The first-order chi connectivity index (χ1) is 16.0. The summed E-state index contributed by atoms with van der Waals surface area (Å²) in [4.78, 5) is 30.1. The molecule has 8 heteroatoms. The Morgan fingerprint density at radius 2 is 1.73 bits per heavy atom. The van der Waals surface area contributed by atoms with Crippen molar-refractivity contribution >= 4 is 23.4 Å². The number of nitrogens with one attached hydrogen (secondary N) is 1. The van der Waals surface area contributed by atoms with E-state index in [0.717, 1.165) is 49.7 Å². The van der Waals surface area contributed by atoms with Crippen LogP contribution in [0.1, 0.15) is 18.1 Å². The highest BCUT2D eigenvalue weighted by Crippen LogP contribution is 2.17. The normalized spacial score (nSPS) is 15.0. The molecule has 0 radical (unpaired) electrons. The van der Waals surface area contributed by atoms with E-state index in [1.54, 1.807) is 31.1 Å². The molecule has 0 aromatic heterocycles. The second-order valence-electron chi connectivity index (χ2n) is 8.09. The number of nitrogens with zero attached hydrogens (tertiary/aromatic N) is 2. The van der Waals surface area contributed by atoms with Gasteiger partial charge >= 0.3 is 0 Å². The van der Waals surface area contributed by atoms with E-state index in [4.69, 9.17) is 21.1 Å². The van der Waals surface area contributed by atoms with Crippen LogP contribution in [0.4, 0.5) is 0 Å². The minimum atomic E-state index is -0.614. The topological polar surface area (TPSA) is 71.1 Å². The summed E-state index contributed by atoms with van der Waals surface area (Å²) in [5.41, 5.74) is 1.78. The Hall–Kier alpha value is -2.61. The van der Waals surface area contributed by atoms with Crippen LogP contribution in [0.2, 0.25) is 5.02 Å². The molecular weight excluding hydrogens is 442 g/mol. The maximum absolute atomic E-state index is 13.3. The van der Waals surface area contributed by atoms with Crippen LogP contribution >= 0.6 is 11.6 Å². The van der Waals surface area contributed by atoms with Gasteiger partial charge in [-0.3, -0.25) is 14.5 Å². The lowest BCUT2D eigenvalue weighted by Gasteiger charge is -2.30. The molecule has 3 rings (SSSR count). The van der Waals surface area contributed by atoms with Gasteiger partial charge in [-0.05, 0) is 42.3 Å². The van der Waals surface area contributed by atoms with Crippen molar-refractivity contribution in [1.82, 2.24) is 15.1 Å². The van der Waals surface area contributed by atoms with Gasteiger partial charge in [0.2, 0.25) is 11.8 Å². The van der Waals surface area contributed by atoms with Gasteiger partial charge in [-0.25, -0.2) is 0 Å². The van der Waals surface area contributed by atoms with Crippen LogP contribution < -0.4 is 10.1 Å². The van der Waals surface area contributed by atoms with Gasteiger partial charge < -0.3 is 19.7 Å². The average molecular weight is 474 g/mol. The van der Waals surface area contributed by atoms with E-state index >= 15 is 0 Å². The Morgan fingerprint density at radius 3 is 2.36 bits per heavy atom. The van der Waals surface area contributed by atoms with Crippen molar-refractivity contribution in [3.05, 3.63) is 64.7 Å². The van der Waals surface area contributed by atoms with Gasteiger partial charge in [0, 0.05) is 37.7 Å². The van der Waals surface area contributed by atoms with E-state index in [1.807, 2.05) is 36.4 Å². The van der Waals surface area contributed by atoms with Crippen LogP contribution in [0.5, 0.6) is 5.75 Å². The molecule has 0 saturated carbocycles. The summed E-state index contributed by atoms with van der Waals surface area (Å²) in [5, 5.41) is 3.61. The third-order valence-corrected chi connectivity index (χ3v) is 6.03. The second kappa shape index (κ2) is 12.6. The number of carbonyl (C=O) groups excluding carboxylic acids is 2. The highest BCUT2D eigenvalue weighted by molar-refractivity contribution is 6.30. The summed E-state index contributed by atoms with van der Waals surface area (Å²) in [6, 6.07) is 14.1. The van der Waals surface area contributed by atoms with Crippen molar-refractivity contribution in [2.24, 2.45) is 0 Å². The van der Waals surface area contributed by atoms with Crippen LogP contribution in [-0.4, -0.2) is 74.2 Å². The Kier molecular flexibility index (Phi) is 9.54. The summed E-state index contributed by atoms with van der Waals surface area (Å²) in [6.07, 6.45) is 0.193. The molecule has 1 atom stereocenters. The summed E-state index contributed by atoms with van der Waals surface area (Å²) in [7, 11) is 1.61. The highest BCUT2D eigenvalue weighted by atomic mass is 35.5. The van der Waals surface area contributed by atoms with Crippen LogP contribution in [-0.2, 0) is 27.3 Å². The summed E-state index contributed by atoms with van der Waals surface area (Å²) in [6.45, 7) is 6.58. The third kappa shape index (κ3) is 7.74. The lowest BCUT2D eigenvalue weighted by atomic mass is 10.1. The number of rotatable bonds is 10. The fraction of sp³-hybridized carbons (Fsp3) is 0.440. The zero-order chi connectivity index (χ0) is 23.6. The van der Waals surface area contributed by atoms with Gasteiger partial charge in [0.05, 0.1) is 26.7 Å². The van der Waals surface area contributed by atoms with Crippen LogP contribution in [0, 0.1) is 0 Å². The molecular formula is C25H32ClN3O4. The Labute approximate surface area is 200 Å². The number of methoxy groups -OCH3 is 1. The van der Waals surface area contributed by atoms with E-state index in [1.165, 1.54) is 0 Å². The molecule has 1 aliphatic rings.